The first kappa shape index (κ1) is 16.0. The summed E-state index contributed by atoms with van der Waals surface area (Å²) in [5.74, 6) is 0.0711. The van der Waals surface area contributed by atoms with Crippen LogP contribution < -0.4 is 0 Å². The fourth-order valence-corrected chi connectivity index (χ4v) is 3.10. The molecule has 0 radical (unpaired) electrons. The number of piperazine rings is 1. The molecular formula is C17H21ClN4O. The first-order valence-electron chi connectivity index (χ1n) is 7.96. The second-order valence-electron chi connectivity index (χ2n) is 5.69. The topological polar surface area (TPSA) is 41.4 Å². The van der Waals surface area contributed by atoms with E-state index < -0.39 is 0 Å². The van der Waals surface area contributed by atoms with Gasteiger partial charge in [-0.25, -0.2) is 0 Å². The number of hydrogen-bond acceptors (Lipinski definition) is 3. The molecule has 2 aromatic rings. The molecule has 6 heteroatoms. The Labute approximate surface area is 141 Å². The number of rotatable bonds is 4. The van der Waals surface area contributed by atoms with E-state index in [1.54, 1.807) is 16.9 Å². The molecule has 0 bridgehead atoms. The molecule has 1 saturated heterocycles. The van der Waals surface area contributed by atoms with E-state index >= 15 is 0 Å². The van der Waals surface area contributed by atoms with Crippen molar-refractivity contribution in [3.63, 3.8) is 0 Å². The molecule has 0 spiro atoms. The molecule has 122 valence electrons. The summed E-state index contributed by atoms with van der Waals surface area (Å²) in [6, 6.07) is 9.72. The van der Waals surface area contributed by atoms with E-state index in [4.69, 9.17) is 11.6 Å². The van der Waals surface area contributed by atoms with Crippen LogP contribution in [0.3, 0.4) is 0 Å². The maximum atomic E-state index is 12.6. The van der Waals surface area contributed by atoms with Gasteiger partial charge in [0.2, 0.25) is 0 Å². The number of nitrogens with zero attached hydrogens (tertiary/aromatic N) is 4. The molecular weight excluding hydrogens is 312 g/mol. The molecule has 1 fully saturated rings. The van der Waals surface area contributed by atoms with Crippen molar-refractivity contribution >= 4 is 17.5 Å². The predicted octanol–water partition coefficient (Wildman–Crippen LogP) is 2.51. The van der Waals surface area contributed by atoms with Gasteiger partial charge >= 0.3 is 0 Å². The molecule has 0 aliphatic carbocycles. The third kappa shape index (κ3) is 3.57. The van der Waals surface area contributed by atoms with E-state index in [9.17, 15) is 4.79 Å². The number of carbonyl (C=O) groups is 1. The van der Waals surface area contributed by atoms with Gasteiger partial charge < -0.3 is 4.90 Å². The molecule has 1 aromatic heterocycles. The second kappa shape index (κ2) is 7.15. The number of benzene rings is 1. The van der Waals surface area contributed by atoms with Crippen LogP contribution in [0.4, 0.5) is 0 Å². The summed E-state index contributed by atoms with van der Waals surface area (Å²) >= 11 is 6.22. The standard InChI is InChI=1S/C17H21ClN4O/c1-2-22-16(7-8-19-22)17(23)21-11-9-20(10-12-21)13-14-5-3-4-6-15(14)18/h3-8H,2,9-13H2,1H3. The maximum Gasteiger partial charge on any atom is 0.272 e. The predicted molar refractivity (Wildman–Crippen MR) is 90.5 cm³/mol. The van der Waals surface area contributed by atoms with Gasteiger partial charge in [-0.1, -0.05) is 29.8 Å². The lowest BCUT2D eigenvalue weighted by Crippen LogP contribution is -2.48. The molecule has 0 unspecified atom stereocenters. The summed E-state index contributed by atoms with van der Waals surface area (Å²) in [4.78, 5) is 16.8. The van der Waals surface area contributed by atoms with E-state index in [2.05, 4.69) is 16.1 Å². The molecule has 2 heterocycles. The maximum absolute atomic E-state index is 12.6. The van der Waals surface area contributed by atoms with Gasteiger partial charge in [0.05, 0.1) is 0 Å². The zero-order valence-corrected chi connectivity index (χ0v) is 14.0. The minimum atomic E-state index is 0.0711. The van der Waals surface area contributed by atoms with Gasteiger partial charge in [0.1, 0.15) is 5.69 Å². The first-order valence-corrected chi connectivity index (χ1v) is 8.33. The number of carbonyl (C=O) groups excluding carboxylic acids is 1. The highest BCUT2D eigenvalue weighted by Crippen LogP contribution is 2.18. The second-order valence-corrected chi connectivity index (χ2v) is 6.10. The summed E-state index contributed by atoms with van der Waals surface area (Å²) in [5, 5.41) is 4.98. The Kier molecular flexibility index (Phi) is 4.98. The van der Waals surface area contributed by atoms with Crippen LogP contribution in [-0.4, -0.2) is 51.7 Å². The number of hydrogen-bond donors (Lipinski definition) is 0. The Morgan fingerprint density at radius 3 is 2.61 bits per heavy atom. The Morgan fingerprint density at radius 2 is 1.91 bits per heavy atom. The molecule has 23 heavy (non-hydrogen) atoms. The zero-order chi connectivity index (χ0) is 16.2. The average Bonchev–Trinajstić information content (AvgIpc) is 3.05. The Bertz CT molecular complexity index is 677. The van der Waals surface area contributed by atoms with Crippen LogP contribution in [0.1, 0.15) is 23.0 Å². The average molecular weight is 333 g/mol. The zero-order valence-electron chi connectivity index (χ0n) is 13.3. The minimum Gasteiger partial charge on any atom is -0.335 e. The van der Waals surface area contributed by atoms with Crippen molar-refractivity contribution in [2.75, 3.05) is 26.2 Å². The SMILES string of the molecule is CCn1nccc1C(=O)N1CCN(Cc2ccccc2Cl)CC1. The number of aromatic nitrogens is 2. The van der Waals surface area contributed by atoms with E-state index in [1.807, 2.05) is 30.0 Å². The van der Waals surface area contributed by atoms with Crippen molar-refractivity contribution in [3.8, 4) is 0 Å². The van der Waals surface area contributed by atoms with E-state index in [0.717, 1.165) is 43.3 Å². The lowest BCUT2D eigenvalue weighted by Gasteiger charge is -2.34. The highest BCUT2D eigenvalue weighted by Gasteiger charge is 2.24. The monoisotopic (exact) mass is 332 g/mol. The molecule has 0 N–H and O–H groups in total. The lowest BCUT2D eigenvalue weighted by molar-refractivity contribution is 0.0616. The first-order chi connectivity index (χ1) is 11.2. The van der Waals surface area contributed by atoms with Crippen molar-refractivity contribution in [1.29, 1.82) is 0 Å². The third-order valence-electron chi connectivity index (χ3n) is 4.25. The van der Waals surface area contributed by atoms with Crippen LogP contribution in [0.25, 0.3) is 0 Å². The van der Waals surface area contributed by atoms with Gasteiger partial charge in [0.15, 0.2) is 0 Å². The Balaban J connectivity index is 1.58. The van der Waals surface area contributed by atoms with Crippen molar-refractivity contribution in [2.24, 2.45) is 0 Å². The van der Waals surface area contributed by atoms with Crippen LogP contribution in [0.5, 0.6) is 0 Å². The van der Waals surface area contributed by atoms with Gasteiger partial charge in [-0.2, -0.15) is 5.10 Å². The van der Waals surface area contributed by atoms with Crippen molar-refractivity contribution in [2.45, 2.75) is 20.0 Å². The normalized spacial score (nSPS) is 15.8. The fraction of sp³-hybridized carbons (Fsp3) is 0.412. The van der Waals surface area contributed by atoms with E-state index in [-0.39, 0.29) is 5.91 Å². The van der Waals surface area contributed by atoms with Crippen molar-refractivity contribution < 1.29 is 4.79 Å². The third-order valence-corrected chi connectivity index (χ3v) is 4.62. The Hall–Kier alpha value is -1.85. The molecule has 0 saturated carbocycles. The molecule has 1 aliphatic rings. The van der Waals surface area contributed by atoms with Gasteiger partial charge in [0, 0.05) is 50.5 Å². The Morgan fingerprint density at radius 1 is 1.17 bits per heavy atom. The van der Waals surface area contributed by atoms with Gasteiger partial charge in [-0.15, -0.1) is 0 Å². The van der Waals surface area contributed by atoms with Crippen LogP contribution >= 0.6 is 11.6 Å². The minimum absolute atomic E-state index is 0.0711. The molecule has 0 atom stereocenters. The largest absolute Gasteiger partial charge is 0.335 e. The molecule has 1 amide bonds. The number of amides is 1. The van der Waals surface area contributed by atoms with Crippen LogP contribution in [0, 0.1) is 0 Å². The lowest BCUT2D eigenvalue weighted by atomic mass is 10.2. The highest BCUT2D eigenvalue weighted by molar-refractivity contribution is 6.31. The molecule has 5 nitrogen and oxygen atoms in total. The van der Waals surface area contributed by atoms with Crippen LogP contribution in [-0.2, 0) is 13.1 Å². The summed E-state index contributed by atoms with van der Waals surface area (Å²) < 4.78 is 1.75. The summed E-state index contributed by atoms with van der Waals surface area (Å²) in [7, 11) is 0. The molecule has 3 rings (SSSR count). The van der Waals surface area contributed by atoms with Crippen LogP contribution in [0.15, 0.2) is 36.5 Å². The summed E-state index contributed by atoms with van der Waals surface area (Å²) in [5.41, 5.74) is 1.81. The van der Waals surface area contributed by atoms with Gasteiger partial charge in [0.25, 0.3) is 5.91 Å². The smallest absolute Gasteiger partial charge is 0.272 e. The van der Waals surface area contributed by atoms with E-state index in [1.165, 1.54) is 0 Å². The number of halogens is 1. The van der Waals surface area contributed by atoms with Gasteiger partial charge in [-0.05, 0) is 24.6 Å². The van der Waals surface area contributed by atoms with Crippen molar-refractivity contribution in [1.82, 2.24) is 19.6 Å². The van der Waals surface area contributed by atoms with Gasteiger partial charge in [-0.3, -0.25) is 14.4 Å². The molecule has 1 aliphatic heterocycles. The molecule has 1 aromatic carbocycles. The number of aryl methyl sites for hydroxylation is 1. The highest BCUT2D eigenvalue weighted by atomic mass is 35.5. The van der Waals surface area contributed by atoms with E-state index in [0.29, 0.717) is 12.2 Å². The van der Waals surface area contributed by atoms with Crippen molar-refractivity contribution in [3.05, 3.63) is 52.8 Å². The van der Waals surface area contributed by atoms with Crippen LogP contribution in [0.2, 0.25) is 5.02 Å². The quantitative estimate of drug-likeness (QED) is 0.864. The summed E-state index contributed by atoms with van der Waals surface area (Å²) in [6.45, 7) is 6.71. The summed E-state index contributed by atoms with van der Waals surface area (Å²) in [6.07, 6.45) is 1.68. The fourth-order valence-electron chi connectivity index (χ4n) is 2.90.